The molecule has 0 saturated carbocycles. The number of guanidine groups is 1. The van der Waals surface area contributed by atoms with Gasteiger partial charge in [-0.1, -0.05) is 12.1 Å². The second kappa shape index (κ2) is 7.85. The fraction of sp³-hybridized carbons (Fsp3) is 0.100. The Morgan fingerprint density at radius 1 is 1.19 bits per heavy atom. The number of nitriles is 2. The van der Waals surface area contributed by atoms with E-state index in [1.807, 2.05) is 25.3 Å². The molecule has 1 atom stereocenters. The van der Waals surface area contributed by atoms with Crippen LogP contribution in [-0.4, -0.2) is 20.9 Å². The molecule has 11 nitrogen and oxygen atoms in total. The van der Waals surface area contributed by atoms with E-state index in [1.165, 1.54) is 6.20 Å². The van der Waals surface area contributed by atoms with Gasteiger partial charge in [-0.3, -0.25) is 10.3 Å². The molecule has 1 aromatic carbocycles. The first-order valence-electron chi connectivity index (χ1n) is 9.05. The number of pyridine rings is 1. The molecule has 4 rings (SSSR count). The number of aromatic nitrogens is 3. The zero-order chi connectivity index (χ0) is 22.0. The lowest BCUT2D eigenvalue weighted by Gasteiger charge is -2.26. The first-order valence-corrected chi connectivity index (χ1v) is 9.05. The predicted octanol–water partition coefficient (Wildman–Crippen LogP) is 1.95. The van der Waals surface area contributed by atoms with Crippen LogP contribution in [0.3, 0.4) is 0 Å². The molecule has 6 N–H and O–H groups in total. The van der Waals surface area contributed by atoms with Crippen molar-refractivity contribution in [3.8, 4) is 23.9 Å². The van der Waals surface area contributed by atoms with Gasteiger partial charge in [0.1, 0.15) is 35.1 Å². The Bertz CT molecular complexity index is 1290. The second-order valence-electron chi connectivity index (χ2n) is 6.58. The van der Waals surface area contributed by atoms with Crippen molar-refractivity contribution in [1.29, 1.82) is 10.5 Å². The van der Waals surface area contributed by atoms with Crippen LogP contribution in [-0.2, 0) is 0 Å². The van der Waals surface area contributed by atoms with Crippen LogP contribution in [0.4, 0.5) is 17.3 Å². The van der Waals surface area contributed by atoms with Crippen molar-refractivity contribution in [3.63, 3.8) is 0 Å². The van der Waals surface area contributed by atoms with E-state index in [1.54, 1.807) is 24.4 Å². The number of rotatable bonds is 3. The number of nitrogens with one attached hydrogen (secondary N) is 2. The Morgan fingerprint density at radius 3 is 2.77 bits per heavy atom. The van der Waals surface area contributed by atoms with Gasteiger partial charge in [0.15, 0.2) is 6.19 Å². The molecule has 31 heavy (non-hydrogen) atoms. The molecule has 3 aromatic rings. The summed E-state index contributed by atoms with van der Waals surface area (Å²) in [5.41, 5.74) is 14.2. The van der Waals surface area contributed by atoms with Crippen LogP contribution in [0.25, 0.3) is 0 Å². The Morgan fingerprint density at radius 2 is 2.03 bits per heavy atom. The van der Waals surface area contributed by atoms with E-state index < -0.39 is 6.04 Å². The highest BCUT2D eigenvalue weighted by Gasteiger charge is 2.29. The van der Waals surface area contributed by atoms with Crippen molar-refractivity contribution in [2.45, 2.75) is 13.0 Å². The van der Waals surface area contributed by atoms with Crippen LogP contribution in [0, 0.1) is 29.7 Å². The maximum Gasteiger partial charge on any atom is 0.238 e. The minimum absolute atomic E-state index is 0.0155. The van der Waals surface area contributed by atoms with E-state index in [4.69, 9.17) is 21.5 Å². The summed E-state index contributed by atoms with van der Waals surface area (Å²) in [5, 5.41) is 23.8. The zero-order valence-electron chi connectivity index (χ0n) is 16.3. The van der Waals surface area contributed by atoms with Crippen molar-refractivity contribution in [1.82, 2.24) is 20.3 Å². The smallest absolute Gasteiger partial charge is 0.238 e. The van der Waals surface area contributed by atoms with Crippen molar-refractivity contribution < 1.29 is 4.74 Å². The van der Waals surface area contributed by atoms with Crippen LogP contribution in [0.15, 0.2) is 41.7 Å². The van der Waals surface area contributed by atoms with E-state index in [0.29, 0.717) is 28.6 Å². The van der Waals surface area contributed by atoms with Crippen molar-refractivity contribution >= 4 is 23.3 Å². The molecule has 3 heterocycles. The lowest BCUT2D eigenvalue weighted by molar-refractivity contribution is 0.458. The SMILES string of the molecule is Cc1cncc(Oc2cccc(C3N=C(NC#N)Nc4nc(N)c(C#N)c(N)c43)c2)n1. The fourth-order valence-electron chi connectivity index (χ4n) is 3.18. The minimum Gasteiger partial charge on any atom is -0.437 e. The Hall–Kier alpha value is -4.90. The third kappa shape index (κ3) is 3.71. The number of nitrogens with zero attached hydrogens (tertiary/aromatic N) is 6. The molecule has 0 fully saturated rings. The summed E-state index contributed by atoms with van der Waals surface area (Å²) in [6.45, 7) is 1.81. The number of hydrogen-bond acceptors (Lipinski definition) is 11. The number of aryl methyl sites for hydroxylation is 1. The molecule has 0 aliphatic carbocycles. The van der Waals surface area contributed by atoms with E-state index in [9.17, 15) is 5.26 Å². The van der Waals surface area contributed by atoms with Crippen LogP contribution in [0.1, 0.15) is 28.4 Å². The van der Waals surface area contributed by atoms with Crippen molar-refractivity contribution in [2.75, 3.05) is 16.8 Å². The highest BCUT2D eigenvalue weighted by atomic mass is 16.5. The third-order valence-corrected chi connectivity index (χ3v) is 4.49. The Balaban J connectivity index is 1.80. The van der Waals surface area contributed by atoms with Crippen LogP contribution in [0.2, 0.25) is 0 Å². The van der Waals surface area contributed by atoms with Gasteiger partial charge in [0.05, 0.1) is 17.6 Å². The van der Waals surface area contributed by atoms with Crippen LogP contribution in [0.5, 0.6) is 11.6 Å². The molecule has 11 heteroatoms. The maximum atomic E-state index is 9.43. The summed E-state index contributed by atoms with van der Waals surface area (Å²) >= 11 is 0. The van der Waals surface area contributed by atoms with E-state index in [-0.39, 0.29) is 23.0 Å². The first-order chi connectivity index (χ1) is 15.0. The van der Waals surface area contributed by atoms with E-state index >= 15 is 0 Å². The topological polar surface area (TPSA) is 184 Å². The van der Waals surface area contributed by atoms with Gasteiger partial charge in [-0.25, -0.2) is 15.0 Å². The average Bonchev–Trinajstić information content (AvgIpc) is 2.74. The summed E-state index contributed by atoms with van der Waals surface area (Å²) in [5.74, 6) is 1.32. The van der Waals surface area contributed by atoms with Gasteiger partial charge in [-0.15, -0.1) is 0 Å². The molecule has 1 unspecified atom stereocenters. The van der Waals surface area contributed by atoms with Gasteiger partial charge in [0.2, 0.25) is 11.8 Å². The number of nitrogens with two attached hydrogens (primary N) is 2. The molecule has 152 valence electrons. The maximum absolute atomic E-state index is 9.43. The molecule has 0 amide bonds. The normalized spacial score (nSPS) is 14.3. The van der Waals surface area contributed by atoms with Gasteiger partial charge < -0.3 is 21.5 Å². The number of benzene rings is 1. The van der Waals surface area contributed by atoms with E-state index in [2.05, 4.69) is 30.6 Å². The predicted molar refractivity (Wildman–Crippen MR) is 113 cm³/mol. The molecule has 0 saturated heterocycles. The van der Waals surface area contributed by atoms with Gasteiger partial charge in [0.25, 0.3) is 0 Å². The number of nitrogen functional groups attached to an aromatic ring is 2. The number of ether oxygens (including phenoxy) is 1. The molecule has 1 aliphatic heterocycles. The lowest BCUT2D eigenvalue weighted by Crippen LogP contribution is -2.32. The summed E-state index contributed by atoms with van der Waals surface area (Å²) < 4.78 is 5.82. The molecule has 0 radical (unpaired) electrons. The molecule has 1 aliphatic rings. The van der Waals surface area contributed by atoms with Crippen molar-refractivity contribution in [2.24, 2.45) is 4.99 Å². The van der Waals surface area contributed by atoms with Gasteiger partial charge >= 0.3 is 0 Å². The molecular weight excluding hydrogens is 396 g/mol. The minimum atomic E-state index is -0.667. The summed E-state index contributed by atoms with van der Waals surface area (Å²) in [4.78, 5) is 17.1. The Kier molecular flexibility index (Phi) is 4.92. The summed E-state index contributed by atoms with van der Waals surface area (Å²) in [7, 11) is 0. The monoisotopic (exact) mass is 412 g/mol. The quantitative estimate of drug-likeness (QED) is 0.366. The standard InChI is InChI=1S/C20H16N10O/c1-10-7-25-8-14(27-10)31-12-4-2-3-11(5-12)17-15-16(23)13(6-21)18(24)29-19(15)30-20(28-17)26-9-22/h2-5,7-8,17H,1H3,(H6,23,24,26,28,29,30). The summed E-state index contributed by atoms with van der Waals surface area (Å²) in [6, 6.07) is 8.44. The van der Waals surface area contributed by atoms with Crippen molar-refractivity contribution in [3.05, 3.63) is 59.0 Å². The van der Waals surface area contributed by atoms with E-state index in [0.717, 1.165) is 5.69 Å². The highest BCUT2D eigenvalue weighted by molar-refractivity contribution is 5.98. The Labute approximate surface area is 177 Å². The average molecular weight is 412 g/mol. The number of fused-ring (bicyclic) bond motifs is 1. The number of aliphatic imine (C=N–C) groups is 1. The highest BCUT2D eigenvalue weighted by Crippen LogP contribution is 2.41. The number of anilines is 3. The molecule has 0 spiro atoms. The first kappa shape index (κ1) is 19.4. The number of hydrogen-bond donors (Lipinski definition) is 4. The van der Waals surface area contributed by atoms with Gasteiger partial charge in [0, 0.05) is 11.8 Å². The van der Waals surface area contributed by atoms with Gasteiger partial charge in [-0.2, -0.15) is 10.5 Å². The summed E-state index contributed by atoms with van der Waals surface area (Å²) in [6.07, 6.45) is 4.95. The second-order valence-corrected chi connectivity index (χ2v) is 6.58. The van der Waals surface area contributed by atoms with Crippen LogP contribution < -0.4 is 26.8 Å². The molecule has 2 aromatic heterocycles. The third-order valence-electron chi connectivity index (χ3n) is 4.49. The molecular formula is C20H16N10O. The fourth-order valence-corrected chi connectivity index (χ4v) is 3.18. The van der Waals surface area contributed by atoms with Crippen LogP contribution >= 0.6 is 0 Å². The lowest BCUT2D eigenvalue weighted by atomic mass is 9.95. The zero-order valence-corrected chi connectivity index (χ0v) is 16.3. The largest absolute Gasteiger partial charge is 0.437 e. The molecule has 0 bridgehead atoms. The van der Waals surface area contributed by atoms with Gasteiger partial charge in [-0.05, 0) is 24.6 Å².